The van der Waals surface area contributed by atoms with Crippen LogP contribution in [0, 0.1) is 6.92 Å². The van der Waals surface area contributed by atoms with Crippen LogP contribution in [0.2, 0.25) is 0 Å². The zero-order chi connectivity index (χ0) is 19.8. The Labute approximate surface area is 156 Å². The molecule has 0 radical (unpaired) electrons. The van der Waals surface area contributed by atoms with Crippen LogP contribution < -0.4 is 15.4 Å². The van der Waals surface area contributed by atoms with E-state index >= 15 is 0 Å². The topological polar surface area (TPSA) is 114 Å². The molecule has 2 aromatic rings. The Morgan fingerprint density at radius 2 is 1.93 bits per heavy atom. The predicted molar refractivity (Wildman–Crippen MR) is 97.5 cm³/mol. The van der Waals surface area contributed by atoms with Gasteiger partial charge in [0, 0.05) is 18.7 Å². The monoisotopic (exact) mass is 374 g/mol. The number of nitrogens with one attached hydrogen (secondary N) is 2. The van der Waals surface area contributed by atoms with Crippen LogP contribution in [-0.2, 0) is 9.59 Å². The van der Waals surface area contributed by atoms with Gasteiger partial charge in [-0.2, -0.15) is 0 Å². The minimum Gasteiger partial charge on any atom is -0.494 e. The van der Waals surface area contributed by atoms with Crippen molar-refractivity contribution in [3.8, 4) is 5.75 Å². The second kappa shape index (κ2) is 9.37. The molecular weight excluding hydrogens is 352 g/mol. The lowest BCUT2D eigenvalue weighted by Gasteiger charge is -2.16. The van der Waals surface area contributed by atoms with Crippen LogP contribution in [0.4, 0.5) is 5.82 Å². The number of ether oxygens (including phenoxy) is 1. The van der Waals surface area contributed by atoms with Crippen molar-refractivity contribution in [1.29, 1.82) is 0 Å². The Morgan fingerprint density at radius 1 is 1.22 bits per heavy atom. The van der Waals surface area contributed by atoms with E-state index in [2.05, 4.69) is 15.8 Å². The van der Waals surface area contributed by atoms with Crippen LogP contribution in [0.1, 0.15) is 23.0 Å². The summed E-state index contributed by atoms with van der Waals surface area (Å²) in [6.45, 7) is 3.71. The summed E-state index contributed by atoms with van der Waals surface area (Å²) < 4.78 is 10.2. The number of hydrogen-bond donors (Lipinski definition) is 2. The quantitative estimate of drug-likeness (QED) is 0.718. The molecular formula is C18H22N4O5. The molecule has 2 N–H and O–H groups in total. The number of carbonyl (C=O) groups is 3. The summed E-state index contributed by atoms with van der Waals surface area (Å²) in [6, 6.07) is 8.16. The minimum absolute atomic E-state index is 0.177. The molecule has 27 heavy (non-hydrogen) atoms. The summed E-state index contributed by atoms with van der Waals surface area (Å²) in [7, 11) is 1.47. The molecule has 0 atom stereocenters. The van der Waals surface area contributed by atoms with Crippen LogP contribution in [-0.4, -0.2) is 54.5 Å². The Morgan fingerprint density at radius 3 is 2.52 bits per heavy atom. The average Bonchev–Trinajstić information content (AvgIpc) is 3.04. The fourth-order valence-corrected chi connectivity index (χ4v) is 2.17. The van der Waals surface area contributed by atoms with E-state index in [1.807, 2.05) is 6.92 Å². The molecule has 0 aliphatic rings. The third-order valence-corrected chi connectivity index (χ3v) is 3.53. The van der Waals surface area contributed by atoms with Gasteiger partial charge in [-0.3, -0.25) is 14.4 Å². The van der Waals surface area contributed by atoms with Gasteiger partial charge >= 0.3 is 0 Å². The molecule has 0 unspecified atom stereocenters. The van der Waals surface area contributed by atoms with E-state index in [0.717, 1.165) is 0 Å². The first-order valence-electron chi connectivity index (χ1n) is 8.37. The fraction of sp³-hybridized carbons (Fsp3) is 0.333. The zero-order valence-corrected chi connectivity index (χ0v) is 15.4. The standard InChI is InChI=1S/C18H22N4O5/c1-4-26-14-7-5-13(6-8-14)18(25)19-10-17(24)22(3)11-16(23)20-15-9-12(2)27-21-15/h5-9H,4,10-11H2,1-3H3,(H,19,25)(H,20,21,23). The van der Waals surface area contributed by atoms with Gasteiger partial charge < -0.3 is 24.8 Å². The number of benzene rings is 1. The first-order valence-corrected chi connectivity index (χ1v) is 8.37. The number of amides is 3. The van der Waals surface area contributed by atoms with Gasteiger partial charge in [0.05, 0.1) is 19.7 Å². The maximum Gasteiger partial charge on any atom is 0.251 e. The molecule has 0 bridgehead atoms. The number of likely N-dealkylation sites (N-methyl/N-ethyl adjacent to an activating group) is 1. The Bertz CT molecular complexity index is 800. The molecule has 3 amide bonds. The number of aromatic nitrogens is 1. The Hall–Kier alpha value is -3.36. The molecule has 0 aliphatic carbocycles. The van der Waals surface area contributed by atoms with Gasteiger partial charge in [0.2, 0.25) is 11.8 Å². The van der Waals surface area contributed by atoms with Crippen molar-refractivity contribution in [2.45, 2.75) is 13.8 Å². The van der Waals surface area contributed by atoms with E-state index in [9.17, 15) is 14.4 Å². The highest BCUT2D eigenvalue weighted by Crippen LogP contribution is 2.12. The second-order valence-electron chi connectivity index (χ2n) is 5.76. The number of nitrogens with zero attached hydrogens (tertiary/aromatic N) is 2. The summed E-state index contributed by atoms with van der Waals surface area (Å²) in [6.07, 6.45) is 0. The summed E-state index contributed by atoms with van der Waals surface area (Å²) >= 11 is 0. The van der Waals surface area contributed by atoms with Gasteiger partial charge in [-0.05, 0) is 38.1 Å². The van der Waals surface area contributed by atoms with Crippen molar-refractivity contribution in [2.75, 3.05) is 32.1 Å². The normalized spacial score (nSPS) is 10.2. The smallest absolute Gasteiger partial charge is 0.251 e. The van der Waals surface area contributed by atoms with E-state index < -0.39 is 11.8 Å². The molecule has 9 nitrogen and oxygen atoms in total. The zero-order valence-electron chi connectivity index (χ0n) is 15.4. The number of aryl methyl sites for hydroxylation is 1. The highest BCUT2D eigenvalue weighted by atomic mass is 16.5. The second-order valence-corrected chi connectivity index (χ2v) is 5.76. The largest absolute Gasteiger partial charge is 0.494 e. The average molecular weight is 374 g/mol. The molecule has 2 rings (SSSR count). The van der Waals surface area contributed by atoms with Gasteiger partial charge in [-0.15, -0.1) is 0 Å². The summed E-state index contributed by atoms with van der Waals surface area (Å²) in [4.78, 5) is 37.3. The summed E-state index contributed by atoms with van der Waals surface area (Å²) in [5, 5.41) is 8.69. The lowest BCUT2D eigenvalue weighted by Crippen LogP contribution is -2.41. The third kappa shape index (κ3) is 6.14. The van der Waals surface area contributed by atoms with E-state index in [1.165, 1.54) is 11.9 Å². The molecule has 0 saturated carbocycles. The minimum atomic E-state index is -0.419. The Kier molecular flexibility index (Phi) is 6.93. The van der Waals surface area contributed by atoms with E-state index in [1.54, 1.807) is 37.3 Å². The van der Waals surface area contributed by atoms with Crippen molar-refractivity contribution in [3.63, 3.8) is 0 Å². The van der Waals surface area contributed by atoms with Crippen molar-refractivity contribution in [1.82, 2.24) is 15.4 Å². The van der Waals surface area contributed by atoms with Gasteiger partial charge in [-0.1, -0.05) is 5.16 Å². The van der Waals surface area contributed by atoms with E-state index in [0.29, 0.717) is 23.7 Å². The SMILES string of the molecule is CCOc1ccc(C(=O)NCC(=O)N(C)CC(=O)Nc2cc(C)on2)cc1. The van der Waals surface area contributed by atoms with Crippen molar-refractivity contribution in [2.24, 2.45) is 0 Å². The maximum atomic E-state index is 12.1. The van der Waals surface area contributed by atoms with Crippen LogP contribution >= 0.6 is 0 Å². The summed E-state index contributed by atoms with van der Waals surface area (Å²) in [5.41, 5.74) is 0.410. The van der Waals surface area contributed by atoms with Crippen molar-refractivity contribution < 1.29 is 23.6 Å². The number of hydrogen-bond acceptors (Lipinski definition) is 6. The lowest BCUT2D eigenvalue weighted by atomic mass is 10.2. The fourth-order valence-electron chi connectivity index (χ4n) is 2.17. The molecule has 1 aromatic carbocycles. The first-order chi connectivity index (χ1) is 12.9. The van der Waals surface area contributed by atoms with Gasteiger partial charge in [0.25, 0.3) is 5.91 Å². The van der Waals surface area contributed by atoms with Crippen molar-refractivity contribution >= 4 is 23.5 Å². The molecule has 0 fully saturated rings. The molecule has 1 heterocycles. The maximum absolute atomic E-state index is 12.1. The van der Waals surface area contributed by atoms with Crippen molar-refractivity contribution in [3.05, 3.63) is 41.7 Å². The van der Waals surface area contributed by atoms with Crippen LogP contribution in [0.15, 0.2) is 34.9 Å². The molecule has 0 spiro atoms. The van der Waals surface area contributed by atoms with Crippen LogP contribution in [0.3, 0.4) is 0 Å². The molecule has 144 valence electrons. The molecule has 1 aromatic heterocycles. The number of rotatable bonds is 8. The lowest BCUT2D eigenvalue weighted by molar-refractivity contribution is -0.132. The highest BCUT2D eigenvalue weighted by molar-refractivity contribution is 5.97. The number of carbonyl (C=O) groups excluding carboxylic acids is 3. The van der Waals surface area contributed by atoms with Crippen LogP contribution in [0.25, 0.3) is 0 Å². The van der Waals surface area contributed by atoms with Gasteiger partial charge in [-0.25, -0.2) is 0 Å². The van der Waals surface area contributed by atoms with E-state index in [-0.39, 0.29) is 24.8 Å². The molecule has 9 heteroatoms. The molecule has 0 saturated heterocycles. The molecule has 0 aliphatic heterocycles. The van der Waals surface area contributed by atoms with Gasteiger partial charge in [0.15, 0.2) is 5.82 Å². The third-order valence-electron chi connectivity index (χ3n) is 3.53. The number of anilines is 1. The van der Waals surface area contributed by atoms with E-state index in [4.69, 9.17) is 9.26 Å². The highest BCUT2D eigenvalue weighted by Gasteiger charge is 2.15. The Balaban J connectivity index is 1.78. The predicted octanol–water partition coefficient (Wildman–Crippen LogP) is 1.21. The summed E-state index contributed by atoms with van der Waals surface area (Å²) in [5.74, 6) is 0.298. The van der Waals surface area contributed by atoms with Gasteiger partial charge in [0.1, 0.15) is 11.5 Å². The van der Waals surface area contributed by atoms with Crippen LogP contribution in [0.5, 0.6) is 5.75 Å². The first kappa shape index (κ1) is 20.0.